The number of rotatable bonds is 11. The summed E-state index contributed by atoms with van der Waals surface area (Å²) in [4.78, 5) is 20.9. The smallest absolute Gasteiger partial charge is 0.106 e. The van der Waals surface area contributed by atoms with Crippen LogP contribution >= 0.6 is 23.2 Å². The fraction of sp³-hybridized carbons (Fsp3) is 0.362. The molecule has 0 aliphatic carbocycles. The van der Waals surface area contributed by atoms with Gasteiger partial charge in [-0.15, -0.1) is 25.7 Å². The van der Waals surface area contributed by atoms with E-state index in [0.29, 0.717) is 6.54 Å². The Hall–Kier alpha value is -4.76. The molecule has 4 aromatic carbocycles. The van der Waals surface area contributed by atoms with E-state index in [9.17, 15) is 0 Å². The molecular formula is C47H67Cl2N5O2. The number of anilines is 3. The summed E-state index contributed by atoms with van der Waals surface area (Å²) >= 11 is 11.3. The molecule has 1 aliphatic heterocycles. The fourth-order valence-electron chi connectivity index (χ4n) is 5.23. The molecule has 0 bridgehead atoms. The molecule has 1 aliphatic rings. The lowest BCUT2D eigenvalue weighted by Crippen LogP contribution is -2.31. The van der Waals surface area contributed by atoms with Crippen LogP contribution in [-0.2, 0) is 16.0 Å². The van der Waals surface area contributed by atoms with Crippen LogP contribution in [0.2, 0.25) is 10.0 Å². The highest BCUT2D eigenvalue weighted by Crippen LogP contribution is 2.18. The summed E-state index contributed by atoms with van der Waals surface area (Å²) in [6.45, 7) is 16.8. The zero-order valence-corrected chi connectivity index (χ0v) is 36.0. The number of hydrogen-bond donors (Lipinski definition) is 3. The number of aryl methyl sites for hydroxylation is 2. The van der Waals surface area contributed by atoms with Crippen molar-refractivity contribution in [3.8, 4) is 25.7 Å². The maximum atomic E-state index is 8.00. The zero-order valence-electron chi connectivity index (χ0n) is 34.5. The Kier molecular flexibility index (Phi) is 39.6. The van der Waals surface area contributed by atoms with Gasteiger partial charge < -0.3 is 35.8 Å². The number of terminal acetylenes is 2. The molecule has 7 nitrogen and oxygen atoms in total. The molecule has 0 spiro atoms. The van der Waals surface area contributed by atoms with Crippen LogP contribution in [0.3, 0.4) is 0 Å². The zero-order chi connectivity index (χ0) is 43.0. The Morgan fingerprint density at radius 2 is 1.14 bits per heavy atom. The van der Waals surface area contributed by atoms with Gasteiger partial charge in [0.05, 0.1) is 0 Å². The van der Waals surface area contributed by atoms with Gasteiger partial charge in [0.25, 0.3) is 0 Å². The summed E-state index contributed by atoms with van der Waals surface area (Å²) in [5, 5.41) is 7.89. The first-order chi connectivity index (χ1) is 27.3. The molecule has 9 heteroatoms. The first-order valence-corrected chi connectivity index (χ1v) is 19.4. The van der Waals surface area contributed by atoms with Crippen LogP contribution in [0.15, 0.2) is 97.1 Å². The quantitative estimate of drug-likeness (QED) is 0.130. The van der Waals surface area contributed by atoms with Crippen LogP contribution < -0.4 is 21.3 Å². The lowest BCUT2D eigenvalue weighted by molar-refractivity contribution is -0.0987. The Morgan fingerprint density at radius 3 is 1.50 bits per heavy atom. The van der Waals surface area contributed by atoms with Gasteiger partial charge in [-0.2, -0.15) is 0 Å². The van der Waals surface area contributed by atoms with Crippen molar-refractivity contribution >= 4 is 53.8 Å². The average molecular weight is 805 g/mol. The number of carbonyl (C=O) groups excluding carboxylic acids is 2. The van der Waals surface area contributed by atoms with Gasteiger partial charge in [-0.05, 0) is 130 Å². The molecule has 0 aromatic heterocycles. The van der Waals surface area contributed by atoms with E-state index in [1.165, 1.54) is 86.2 Å². The predicted octanol–water partition coefficient (Wildman–Crippen LogP) is 10.5. The average Bonchev–Trinajstić information content (AvgIpc) is 3.25. The van der Waals surface area contributed by atoms with E-state index in [4.69, 9.17) is 38.5 Å². The molecule has 0 amide bonds. The van der Waals surface area contributed by atoms with Crippen LogP contribution in [0.4, 0.5) is 17.1 Å². The van der Waals surface area contributed by atoms with Crippen molar-refractivity contribution in [1.82, 2.24) is 4.90 Å². The minimum Gasteiger partial charge on any atom is -0.388 e. The number of nitrogens with zero attached hydrogens (tertiary/aromatic N) is 2. The molecule has 0 unspecified atom stereocenters. The second-order valence-electron chi connectivity index (χ2n) is 12.1. The molecule has 306 valence electrons. The van der Waals surface area contributed by atoms with Gasteiger partial charge in [0.2, 0.25) is 0 Å². The van der Waals surface area contributed by atoms with Crippen molar-refractivity contribution in [2.75, 3.05) is 68.9 Å². The van der Waals surface area contributed by atoms with E-state index in [2.05, 4.69) is 102 Å². The molecular weight excluding hydrogens is 737 g/mol. The number of piperidine rings is 1. The number of benzene rings is 4. The second kappa shape index (κ2) is 39.9. The third kappa shape index (κ3) is 28.7. The number of hydrogen-bond acceptors (Lipinski definition) is 7. The second-order valence-corrected chi connectivity index (χ2v) is 13.0. The maximum Gasteiger partial charge on any atom is 0.106 e. The molecule has 1 fully saturated rings. The van der Waals surface area contributed by atoms with E-state index in [1.54, 1.807) is 0 Å². The van der Waals surface area contributed by atoms with E-state index >= 15 is 0 Å². The monoisotopic (exact) mass is 803 g/mol. The number of halogens is 2. The number of likely N-dealkylation sites (tertiary alicyclic amines) is 1. The Labute approximate surface area is 350 Å². The Morgan fingerprint density at radius 1 is 0.696 bits per heavy atom. The Balaban J connectivity index is -0.000000653. The van der Waals surface area contributed by atoms with E-state index in [0.717, 1.165) is 28.8 Å². The maximum absolute atomic E-state index is 8.00. The summed E-state index contributed by atoms with van der Waals surface area (Å²) < 4.78 is 0. The van der Waals surface area contributed by atoms with E-state index in [1.807, 2.05) is 90.1 Å². The standard InChI is InChI=1S/C14H22N2.C13H23N3.2C7H7Cl.2C2H2.2CH2O/c1-15-14-7-5-13(6-8-14)9-12-16-10-3-2-4-11-16;1-3-4-10-16(11-9-14)13-7-5-12(15-2)6-8-13;2*1-6-3-2-4-7(8)5-6;4*1-2/h5-8,15H,2-4,9-12H2,1H3;5-8,15H,3-4,9-11,14H2,1-2H3;2*2-5H,1H3;2*1-2H;2*1H2. The van der Waals surface area contributed by atoms with Gasteiger partial charge in [-0.1, -0.05) is 79.4 Å². The Bertz CT molecular complexity index is 1420. The topological polar surface area (TPSA) is 90.7 Å². The highest BCUT2D eigenvalue weighted by Gasteiger charge is 2.09. The van der Waals surface area contributed by atoms with Crippen LogP contribution in [0.1, 0.15) is 55.7 Å². The van der Waals surface area contributed by atoms with Gasteiger partial charge in [-0.3, -0.25) is 0 Å². The molecule has 4 aromatic rings. The summed E-state index contributed by atoms with van der Waals surface area (Å²) in [6, 6.07) is 32.8. The van der Waals surface area contributed by atoms with Crippen molar-refractivity contribution in [1.29, 1.82) is 0 Å². The van der Waals surface area contributed by atoms with Crippen LogP contribution in [0.25, 0.3) is 0 Å². The van der Waals surface area contributed by atoms with Crippen molar-refractivity contribution in [3.63, 3.8) is 0 Å². The van der Waals surface area contributed by atoms with Gasteiger partial charge in [0.1, 0.15) is 13.6 Å². The van der Waals surface area contributed by atoms with E-state index < -0.39 is 0 Å². The third-order valence-electron chi connectivity index (χ3n) is 8.07. The summed E-state index contributed by atoms with van der Waals surface area (Å²) in [6.07, 6.45) is 23.8. The fourth-order valence-corrected chi connectivity index (χ4v) is 5.72. The highest BCUT2D eigenvalue weighted by molar-refractivity contribution is 6.30. The predicted molar refractivity (Wildman–Crippen MR) is 249 cm³/mol. The summed E-state index contributed by atoms with van der Waals surface area (Å²) in [5.41, 5.74) is 13.1. The summed E-state index contributed by atoms with van der Waals surface area (Å²) in [7, 11) is 3.90. The van der Waals surface area contributed by atoms with Crippen LogP contribution in [0, 0.1) is 39.5 Å². The molecule has 4 N–H and O–H groups in total. The molecule has 0 saturated carbocycles. The summed E-state index contributed by atoms with van der Waals surface area (Å²) in [5.74, 6) is 0. The minimum absolute atomic E-state index is 0.706. The minimum atomic E-state index is 0.706. The van der Waals surface area contributed by atoms with Crippen molar-refractivity contribution in [2.45, 2.75) is 59.3 Å². The third-order valence-corrected chi connectivity index (χ3v) is 8.54. The lowest BCUT2D eigenvalue weighted by Gasteiger charge is -2.26. The largest absolute Gasteiger partial charge is 0.388 e. The molecule has 1 heterocycles. The van der Waals surface area contributed by atoms with Gasteiger partial charge in [-0.25, -0.2) is 0 Å². The van der Waals surface area contributed by atoms with Crippen molar-refractivity contribution < 1.29 is 9.59 Å². The SMILES string of the molecule is C#C.C#C.C=O.C=O.CCCCN(CCN)c1ccc(NC)cc1.CNc1ccc(CCN2CCCCC2)cc1.Cc1cccc(Cl)c1.Cc1cccc(Cl)c1. The van der Waals surface area contributed by atoms with Crippen molar-refractivity contribution in [3.05, 3.63) is 124 Å². The van der Waals surface area contributed by atoms with E-state index in [-0.39, 0.29) is 0 Å². The number of nitrogens with two attached hydrogens (primary N) is 1. The first-order valence-electron chi connectivity index (χ1n) is 18.7. The van der Waals surface area contributed by atoms with Crippen molar-refractivity contribution in [2.24, 2.45) is 5.73 Å². The molecule has 5 rings (SSSR count). The number of nitrogens with one attached hydrogen (secondary N) is 2. The van der Waals surface area contributed by atoms with Gasteiger partial charge in [0, 0.05) is 67.4 Å². The molecule has 0 atom stereocenters. The number of unbranched alkanes of at least 4 members (excludes halogenated alkanes) is 1. The molecule has 1 saturated heterocycles. The molecule has 56 heavy (non-hydrogen) atoms. The van der Waals surface area contributed by atoms with Crippen LogP contribution in [0.5, 0.6) is 0 Å². The van der Waals surface area contributed by atoms with Gasteiger partial charge >= 0.3 is 0 Å². The molecule has 0 radical (unpaired) electrons. The lowest BCUT2D eigenvalue weighted by atomic mass is 10.1. The highest BCUT2D eigenvalue weighted by atomic mass is 35.5. The number of carbonyl (C=O) groups is 2. The normalized spacial score (nSPS) is 10.7. The van der Waals surface area contributed by atoms with Gasteiger partial charge in [0.15, 0.2) is 0 Å². The van der Waals surface area contributed by atoms with Crippen LogP contribution in [-0.4, -0.2) is 71.8 Å². The first kappa shape index (κ1) is 55.6.